The molecule has 0 atom stereocenters. The van der Waals surface area contributed by atoms with Gasteiger partial charge in [-0.15, -0.1) is 0 Å². The Hall–Kier alpha value is -1.69. The number of rotatable bonds is 7. The number of nitrogens with two attached hydrogens (primary N) is 1. The fraction of sp³-hybridized carbons (Fsp3) is 0.500. The quantitative estimate of drug-likeness (QED) is 0.308. The molecule has 20 heavy (non-hydrogen) atoms. The van der Waals surface area contributed by atoms with E-state index in [1.54, 1.807) is 0 Å². The summed E-state index contributed by atoms with van der Waals surface area (Å²) in [6, 6.07) is 5.94. The molecule has 1 heterocycles. The highest BCUT2D eigenvalue weighted by atomic mass is 32.1. The van der Waals surface area contributed by atoms with Gasteiger partial charge in [0.1, 0.15) is 0 Å². The van der Waals surface area contributed by atoms with Crippen LogP contribution in [0.25, 0.3) is 0 Å². The molecule has 1 aromatic heterocycles. The second-order valence-electron chi connectivity index (χ2n) is 4.42. The summed E-state index contributed by atoms with van der Waals surface area (Å²) < 4.78 is 0. The van der Waals surface area contributed by atoms with E-state index in [-0.39, 0.29) is 5.11 Å². The second kappa shape index (κ2) is 10.1. The number of unbranched alkanes of at least 4 members (excludes halogenated alkanes) is 1. The Labute approximate surface area is 126 Å². The molecule has 110 valence electrons. The molecule has 0 aliphatic heterocycles. The minimum Gasteiger partial charge on any atom is -0.376 e. The molecular weight excluding hydrogens is 270 g/mol. The van der Waals surface area contributed by atoms with E-state index in [9.17, 15) is 0 Å². The van der Waals surface area contributed by atoms with E-state index < -0.39 is 0 Å². The van der Waals surface area contributed by atoms with E-state index in [2.05, 4.69) is 27.5 Å². The Kier molecular flexibility index (Phi) is 8.30. The van der Waals surface area contributed by atoms with Gasteiger partial charge in [0, 0.05) is 25.0 Å². The van der Waals surface area contributed by atoms with Gasteiger partial charge in [-0.25, -0.2) is 0 Å². The van der Waals surface area contributed by atoms with Crippen LogP contribution in [0.4, 0.5) is 0 Å². The Morgan fingerprint density at radius 1 is 1.40 bits per heavy atom. The van der Waals surface area contributed by atoms with Crippen molar-refractivity contribution in [3.8, 4) is 0 Å². The van der Waals surface area contributed by atoms with E-state index in [0.29, 0.717) is 12.5 Å². The lowest BCUT2D eigenvalue weighted by Gasteiger charge is -2.10. The van der Waals surface area contributed by atoms with Gasteiger partial charge < -0.3 is 16.4 Å². The zero-order chi connectivity index (χ0) is 14.6. The number of aromatic nitrogens is 1. The second-order valence-corrected chi connectivity index (χ2v) is 4.86. The molecule has 0 spiro atoms. The molecule has 0 radical (unpaired) electrons. The van der Waals surface area contributed by atoms with Crippen LogP contribution in [0.15, 0.2) is 29.4 Å². The van der Waals surface area contributed by atoms with Crippen molar-refractivity contribution in [2.24, 2.45) is 10.7 Å². The number of guanidine groups is 1. The largest absolute Gasteiger partial charge is 0.376 e. The van der Waals surface area contributed by atoms with Gasteiger partial charge in [0.05, 0.1) is 0 Å². The lowest BCUT2D eigenvalue weighted by Crippen LogP contribution is -2.44. The van der Waals surface area contributed by atoms with Crippen LogP contribution in [0.1, 0.15) is 31.9 Å². The van der Waals surface area contributed by atoms with Crippen molar-refractivity contribution >= 4 is 23.3 Å². The molecular formula is C14H23N5S. The Morgan fingerprint density at radius 3 is 2.90 bits per heavy atom. The van der Waals surface area contributed by atoms with Gasteiger partial charge in [0.2, 0.25) is 0 Å². The predicted molar refractivity (Wildman–Crippen MR) is 87.7 cm³/mol. The first-order chi connectivity index (χ1) is 9.72. The number of pyridine rings is 1. The monoisotopic (exact) mass is 293 g/mol. The van der Waals surface area contributed by atoms with Crippen LogP contribution in [0, 0.1) is 0 Å². The van der Waals surface area contributed by atoms with Crippen molar-refractivity contribution in [2.75, 3.05) is 13.1 Å². The third-order valence-electron chi connectivity index (χ3n) is 2.65. The fourth-order valence-corrected chi connectivity index (χ4v) is 1.73. The van der Waals surface area contributed by atoms with Crippen LogP contribution in [-0.4, -0.2) is 29.1 Å². The summed E-state index contributed by atoms with van der Waals surface area (Å²) in [5.74, 6) is 0.659. The van der Waals surface area contributed by atoms with Gasteiger partial charge in [-0.05, 0) is 43.6 Å². The first-order valence-corrected chi connectivity index (χ1v) is 7.38. The van der Waals surface area contributed by atoms with E-state index in [4.69, 9.17) is 18.0 Å². The summed E-state index contributed by atoms with van der Waals surface area (Å²) in [5.41, 5.74) is 6.57. The van der Waals surface area contributed by atoms with Crippen LogP contribution in [-0.2, 0) is 6.42 Å². The fourth-order valence-electron chi connectivity index (χ4n) is 1.64. The normalized spacial score (nSPS) is 11.2. The topological polar surface area (TPSA) is 75.3 Å². The van der Waals surface area contributed by atoms with Gasteiger partial charge in [-0.3, -0.25) is 9.98 Å². The molecule has 0 aliphatic rings. The molecule has 0 unspecified atom stereocenters. The van der Waals surface area contributed by atoms with E-state index in [0.717, 1.165) is 37.9 Å². The first kappa shape index (κ1) is 16.4. The number of hydrogen-bond donors (Lipinski definition) is 3. The van der Waals surface area contributed by atoms with Crippen molar-refractivity contribution in [3.05, 3.63) is 30.1 Å². The maximum Gasteiger partial charge on any atom is 0.197 e. The molecule has 0 aliphatic carbocycles. The van der Waals surface area contributed by atoms with Crippen molar-refractivity contribution < 1.29 is 0 Å². The lowest BCUT2D eigenvalue weighted by molar-refractivity contribution is 0.737. The number of nitrogens with zero attached hydrogens (tertiary/aromatic N) is 2. The first-order valence-electron chi connectivity index (χ1n) is 6.97. The van der Waals surface area contributed by atoms with Crippen molar-refractivity contribution in [3.63, 3.8) is 0 Å². The van der Waals surface area contributed by atoms with E-state index >= 15 is 0 Å². The maximum absolute atomic E-state index is 5.48. The van der Waals surface area contributed by atoms with Crippen molar-refractivity contribution in [2.45, 2.75) is 32.6 Å². The maximum atomic E-state index is 5.48. The van der Waals surface area contributed by atoms with Crippen LogP contribution in [0.5, 0.6) is 0 Å². The number of aryl methyl sites for hydroxylation is 1. The number of thiocarbonyl (C=S) groups is 1. The van der Waals surface area contributed by atoms with Crippen LogP contribution in [0.2, 0.25) is 0 Å². The molecule has 0 amide bonds. The van der Waals surface area contributed by atoms with E-state index in [1.807, 2.05) is 24.4 Å². The standard InChI is InChI=1S/C14H23N5S/c1-2-3-9-17-14(19-13(15)20)18-11-6-8-12-7-4-5-10-16-12/h4-5,7,10H,2-3,6,8-9,11H2,1H3,(H4,15,17,18,19,20). The zero-order valence-corrected chi connectivity index (χ0v) is 12.7. The molecule has 4 N–H and O–H groups in total. The minimum absolute atomic E-state index is 0.234. The van der Waals surface area contributed by atoms with Gasteiger partial charge in [0.15, 0.2) is 11.1 Å². The summed E-state index contributed by atoms with van der Waals surface area (Å²) in [4.78, 5) is 8.73. The summed E-state index contributed by atoms with van der Waals surface area (Å²) >= 11 is 4.84. The lowest BCUT2D eigenvalue weighted by atomic mass is 10.2. The van der Waals surface area contributed by atoms with Crippen LogP contribution < -0.4 is 16.4 Å². The van der Waals surface area contributed by atoms with Gasteiger partial charge in [-0.2, -0.15) is 0 Å². The summed E-state index contributed by atoms with van der Waals surface area (Å²) in [7, 11) is 0. The molecule has 0 bridgehead atoms. The Morgan fingerprint density at radius 2 is 2.25 bits per heavy atom. The van der Waals surface area contributed by atoms with Crippen LogP contribution >= 0.6 is 12.2 Å². The minimum atomic E-state index is 0.234. The number of nitrogens with one attached hydrogen (secondary N) is 2. The Balaban J connectivity index is 2.35. The average molecular weight is 293 g/mol. The summed E-state index contributed by atoms with van der Waals surface area (Å²) in [6.45, 7) is 3.72. The third kappa shape index (κ3) is 7.68. The van der Waals surface area contributed by atoms with Gasteiger partial charge in [-0.1, -0.05) is 19.4 Å². The van der Waals surface area contributed by atoms with E-state index in [1.165, 1.54) is 0 Å². The van der Waals surface area contributed by atoms with Gasteiger partial charge in [0.25, 0.3) is 0 Å². The average Bonchev–Trinajstić information content (AvgIpc) is 2.44. The highest BCUT2D eigenvalue weighted by molar-refractivity contribution is 7.80. The Bertz CT molecular complexity index is 419. The number of hydrogen-bond acceptors (Lipinski definition) is 3. The molecule has 5 nitrogen and oxygen atoms in total. The molecule has 6 heteroatoms. The molecule has 0 saturated carbocycles. The predicted octanol–water partition coefficient (Wildman–Crippen LogP) is 1.59. The summed E-state index contributed by atoms with van der Waals surface area (Å²) in [5, 5.41) is 6.31. The highest BCUT2D eigenvalue weighted by Crippen LogP contribution is 1.98. The molecule has 0 saturated heterocycles. The van der Waals surface area contributed by atoms with Crippen molar-refractivity contribution in [1.29, 1.82) is 0 Å². The zero-order valence-electron chi connectivity index (χ0n) is 11.9. The number of aliphatic imine (C=N–C) groups is 1. The molecule has 1 rings (SSSR count). The van der Waals surface area contributed by atoms with Crippen LogP contribution in [0.3, 0.4) is 0 Å². The molecule has 0 fully saturated rings. The van der Waals surface area contributed by atoms with Crippen molar-refractivity contribution in [1.82, 2.24) is 15.6 Å². The smallest absolute Gasteiger partial charge is 0.197 e. The SMILES string of the molecule is CCCCNC(=NCCCc1ccccn1)NC(N)=S. The third-order valence-corrected chi connectivity index (χ3v) is 2.75. The van der Waals surface area contributed by atoms with Gasteiger partial charge >= 0.3 is 0 Å². The molecule has 1 aromatic rings. The summed E-state index contributed by atoms with van der Waals surface area (Å²) in [6.07, 6.45) is 5.89. The highest BCUT2D eigenvalue weighted by Gasteiger charge is 1.99. The molecule has 0 aromatic carbocycles.